The second kappa shape index (κ2) is 50.5. The van der Waals surface area contributed by atoms with Crippen LogP contribution in [-0.4, -0.2) is 143 Å². The molecule has 0 aliphatic heterocycles. The van der Waals surface area contributed by atoms with Gasteiger partial charge in [0.25, 0.3) is 0 Å². The summed E-state index contributed by atoms with van der Waals surface area (Å²) in [5.74, 6) is -0.507. The maximum atomic E-state index is 12.4. The molecule has 0 fully saturated rings. The van der Waals surface area contributed by atoms with Gasteiger partial charge in [-0.1, -0.05) is 48.0 Å². The second-order valence-electron chi connectivity index (χ2n) is 9.50. The van der Waals surface area contributed by atoms with Crippen LogP contribution in [0.25, 0.3) is 0 Å². The molecule has 0 heterocycles. The zero-order valence-electron chi connectivity index (χ0n) is 32.6. The van der Waals surface area contributed by atoms with Gasteiger partial charge in [0.15, 0.2) is 0 Å². The molecule has 0 aromatic rings. The van der Waals surface area contributed by atoms with Crippen LogP contribution < -0.4 is 16.0 Å². The molecule has 0 spiro atoms. The van der Waals surface area contributed by atoms with Gasteiger partial charge in [-0.25, -0.2) is 0 Å². The van der Waals surface area contributed by atoms with E-state index in [9.17, 15) is 14.4 Å². The number of rotatable bonds is 32. The summed E-state index contributed by atoms with van der Waals surface area (Å²) in [7, 11) is 0. The number of hydrogen-bond donors (Lipinski definition) is 3. The lowest BCUT2D eigenvalue weighted by atomic mass is 10.3. The van der Waals surface area contributed by atoms with Crippen molar-refractivity contribution in [3.8, 4) is 0 Å². The molecule has 14 nitrogen and oxygen atoms in total. The van der Waals surface area contributed by atoms with Gasteiger partial charge in [-0.3, -0.25) is 14.4 Å². The molecule has 0 aromatic heterocycles. The minimum atomic E-state index is -0.453. The molecule has 0 atom stereocenters. The van der Waals surface area contributed by atoms with E-state index in [1.54, 1.807) is 0 Å². The molecule has 302 valence electrons. The SMILES string of the molecule is CC.CC.CCC.CCOCCNC(=O)CCOCC(COCCC(=O)NCCOCC)NC(=O)CCOCCOCCOCCOCC.[HH].[HH].[HH]. The molecule has 0 radical (unpaired) electrons. The first kappa shape index (κ1) is 53.9. The van der Waals surface area contributed by atoms with Crippen LogP contribution in [0, 0.1) is 0 Å². The molecule has 0 unspecified atom stereocenters. The number of amides is 3. The van der Waals surface area contributed by atoms with Crippen molar-refractivity contribution in [2.75, 3.05) is 119 Å². The summed E-state index contributed by atoms with van der Waals surface area (Å²) in [6, 6.07) is -0.453. The molecule has 49 heavy (non-hydrogen) atoms. The zero-order chi connectivity index (χ0) is 37.6. The Kier molecular flexibility index (Phi) is 55.5. The Hall–Kier alpha value is -1.91. The number of nitrogens with one attached hydrogen (secondary N) is 3. The van der Waals surface area contributed by atoms with Gasteiger partial charge in [-0.05, 0) is 20.8 Å². The molecule has 0 aliphatic carbocycles. The van der Waals surface area contributed by atoms with Crippen molar-refractivity contribution in [3.63, 3.8) is 0 Å². The van der Waals surface area contributed by atoms with Crippen LogP contribution >= 0.6 is 0 Å². The number of carbonyl (C=O) groups excluding carboxylic acids is 3. The highest BCUT2D eigenvalue weighted by Crippen LogP contribution is 1.96. The Labute approximate surface area is 303 Å². The average Bonchev–Trinajstić information content (AvgIpc) is 3.11. The van der Waals surface area contributed by atoms with Gasteiger partial charge >= 0.3 is 0 Å². The van der Waals surface area contributed by atoms with Gasteiger partial charge in [0.05, 0.1) is 91.9 Å². The molecule has 0 saturated carbocycles. The van der Waals surface area contributed by atoms with Crippen molar-refractivity contribution in [3.05, 3.63) is 0 Å². The molecular formula is C35H81N3O11. The van der Waals surface area contributed by atoms with Gasteiger partial charge in [0, 0.05) is 56.5 Å². The van der Waals surface area contributed by atoms with Crippen molar-refractivity contribution >= 4 is 17.7 Å². The first-order valence-corrected chi connectivity index (χ1v) is 18.4. The summed E-state index contributed by atoms with van der Waals surface area (Å²) in [6.07, 6.45) is 1.78. The number of hydrogen-bond acceptors (Lipinski definition) is 11. The molecule has 14 heteroatoms. The minimum absolute atomic E-state index is 0. The predicted octanol–water partition coefficient (Wildman–Crippen LogP) is 4.27. The van der Waals surface area contributed by atoms with Crippen LogP contribution in [0.15, 0.2) is 0 Å². The molecule has 0 bridgehead atoms. The van der Waals surface area contributed by atoms with E-state index in [0.29, 0.717) is 85.8 Å². The lowest BCUT2D eigenvalue weighted by Crippen LogP contribution is -2.42. The van der Waals surface area contributed by atoms with Crippen molar-refractivity contribution in [2.45, 2.75) is 94.0 Å². The highest BCUT2D eigenvalue weighted by atomic mass is 16.6. The Morgan fingerprint density at radius 2 is 0.755 bits per heavy atom. The fourth-order valence-corrected chi connectivity index (χ4v) is 3.17. The predicted molar refractivity (Wildman–Crippen MR) is 200 cm³/mol. The summed E-state index contributed by atoms with van der Waals surface area (Å²) >= 11 is 0. The Morgan fingerprint density at radius 1 is 0.449 bits per heavy atom. The summed E-state index contributed by atoms with van der Waals surface area (Å²) in [5, 5.41) is 8.37. The Bertz CT molecular complexity index is 647. The van der Waals surface area contributed by atoms with E-state index in [2.05, 4.69) is 29.8 Å². The number of ether oxygens (including phenoxy) is 8. The van der Waals surface area contributed by atoms with E-state index in [1.165, 1.54) is 6.42 Å². The third kappa shape index (κ3) is 50.6. The Balaban J connectivity index is -0.000000376. The smallest absolute Gasteiger partial charge is 0.222 e. The van der Waals surface area contributed by atoms with E-state index < -0.39 is 6.04 Å². The van der Waals surface area contributed by atoms with Crippen LogP contribution in [0.4, 0.5) is 0 Å². The minimum Gasteiger partial charge on any atom is -0.380 e. The van der Waals surface area contributed by atoms with Gasteiger partial charge in [-0.15, -0.1) is 0 Å². The van der Waals surface area contributed by atoms with E-state index in [-0.39, 0.29) is 74.3 Å². The highest BCUT2D eigenvalue weighted by Gasteiger charge is 2.14. The first-order chi connectivity index (χ1) is 23.9. The van der Waals surface area contributed by atoms with Gasteiger partial charge in [0.1, 0.15) is 0 Å². The standard InChI is InChI=1S/C28H55N3O11.C3H8.2C2H6.3H2/c1-4-35-15-10-29-26(32)7-13-41-23-25(24-42-14-8-27(33)30-11-16-36-5-2)31-28(34)9-12-38-19-20-40-22-21-39-18-17-37-6-3;1-3-2;2*1-2;;;/h25H,4-24H2,1-3H3,(H,29,32)(H,30,33)(H,31,34);3H2,1-2H3;2*1-2H3;3*1H. The van der Waals surface area contributed by atoms with E-state index in [4.69, 9.17) is 37.9 Å². The third-order valence-corrected chi connectivity index (χ3v) is 5.29. The molecular weight excluding hydrogens is 638 g/mol. The summed E-state index contributed by atoms with van der Waals surface area (Å²) in [5.41, 5.74) is 0. The van der Waals surface area contributed by atoms with Crippen molar-refractivity contribution in [1.29, 1.82) is 0 Å². The fourth-order valence-electron chi connectivity index (χ4n) is 3.17. The quantitative estimate of drug-likeness (QED) is 0.0852. The molecule has 0 rings (SSSR count). The van der Waals surface area contributed by atoms with Crippen LogP contribution in [0.2, 0.25) is 0 Å². The van der Waals surface area contributed by atoms with Gasteiger partial charge in [-0.2, -0.15) is 0 Å². The maximum absolute atomic E-state index is 12.4. The molecule has 3 N–H and O–H groups in total. The lowest BCUT2D eigenvalue weighted by Gasteiger charge is -2.19. The van der Waals surface area contributed by atoms with Crippen molar-refractivity contribution in [1.82, 2.24) is 16.0 Å². The topological polar surface area (TPSA) is 161 Å². The monoisotopic (exact) mass is 720 g/mol. The Morgan fingerprint density at radius 3 is 1.14 bits per heavy atom. The van der Waals surface area contributed by atoms with Crippen LogP contribution in [0.3, 0.4) is 0 Å². The zero-order valence-corrected chi connectivity index (χ0v) is 32.6. The van der Waals surface area contributed by atoms with Crippen LogP contribution in [0.5, 0.6) is 0 Å². The van der Waals surface area contributed by atoms with E-state index in [1.807, 2.05) is 48.5 Å². The summed E-state index contributed by atoms with van der Waals surface area (Å²) in [4.78, 5) is 36.2. The van der Waals surface area contributed by atoms with Crippen molar-refractivity contribution < 1.29 is 56.6 Å². The van der Waals surface area contributed by atoms with E-state index >= 15 is 0 Å². The average molecular weight is 720 g/mol. The fraction of sp³-hybridized carbons (Fsp3) is 0.914. The molecule has 0 saturated heterocycles. The first-order valence-electron chi connectivity index (χ1n) is 18.4. The summed E-state index contributed by atoms with van der Waals surface area (Å²) < 4.78 is 43.1. The third-order valence-electron chi connectivity index (χ3n) is 5.29. The highest BCUT2D eigenvalue weighted by molar-refractivity contribution is 5.76. The van der Waals surface area contributed by atoms with Gasteiger partial charge < -0.3 is 53.8 Å². The normalized spacial score (nSPS) is 10.2. The lowest BCUT2D eigenvalue weighted by molar-refractivity contribution is -0.126. The van der Waals surface area contributed by atoms with Crippen molar-refractivity contribution in [2.24, 2.45) is 0 Å². The second-order valence-corrected chi connectivity index (χ2v) is 9.50. The molecule has 3 amide bonds. The van der Waals surface area contributed by atoms with E-state index in [0.717, 1.165) is 0 Å². The number of carbonyl (C=O) groups is 3. The van der Waals surface area contributed by atoms with Crippen LogP contribution in [-0.2, 0) is 52.3 Å². The molecule has 0 aromatic carbocycles. The van der Waals surface area contributed by atoms with Crippen LogP contribution in [0.1, 0.15) is 92.3 Å². The van der Waals surface area contributed by atoms with Gasteiger partial charge in [0.2, 0.25) is 17.7 Å². The summed E-state index contributed by atoms with van der Waals surface area (Å²) in [6.45, 7) is 25.4. The maximum Gasteiger partial charge on any atom is 0.222 e. The molecule has 0 aliphatic rings. The largest absolute Gasteiger partial charge is 0.380 e.